The molecule has 0 spiro atoms. The van der Waals surface area contributed by atoms with Gasteiger partial charge < -0.3 is 10.1 Å². The first-order chi connectivity index (χ1) is 8.20. The summed E-state index contributed by atoms with van der Waals surface area (Å²) in [5.74, 6) is -0.351. The molecule has 0 aromatic carbocycles. The van der Waals surface area contributed by atoms with E-state index in [2.05, 4.69) is 25.2 Å². The zero-order chi connectivity index (χ0) is 12.3. The van der Waals surface area contributed by atoms with E-state index in [4.69, 9.17) is 0 Å². The van der Waals surface area contributed by atoms with Crippen LogP contribution in [0.4, 0.5) is 5.13 Å². The van der Waals surface area contributed by atoms with Crippen molar-refractivity contribution in [1.29, 1.82) is 0 Å². The third-order valence-electron chi connectivity index (χ3n) is 2.17. The van der Waals surface area contributed by atoms with Gasteiger partial charge in [-0.2, -0.15) is 5.10 Å². The highest BCUT2D eigenvalue weighted by Gasteiger charge is 2.15. The molecule has 90 valence electrons. The molecule has 0 unspecified atom stereocenters. The van der Waals surface area contributed by atoms with Crippen molar-refractivity contribution in [3.8, 4) is 0 Å². The second kappa shape index (κ2) is 4.96. The SMILES string of the molecule is COC(=O)c1sc(NCc2cn[nH]c2)nc1C. The molecule has 7 heteroatoms. The fourth-order valence-electron chi connectivity index (χ4n) is 1.31. The highest BCUT2D eigenvalue weighted by molar-refractivity contribution is 7.17. The molecule has 0 atom stereocenters. The van der Waals surface area contributed by atoms with Gasteiger partial charge in [-0.1, -0.05) is 11.3 Å². The van der Waals surface area contributed by atoms with E-state index in [1.165, 1.54) is 18.4 Å². The maximum atomic E-state index is 11.4. The normalized spacial score (nSPS) is 10.2. The van der Waals surface area contributed by atoms with Gasteiger partial charge in [-0.3, -0.25) is 5.10 Å². The van der Waals surface area contributed by atoms with E-state index in [-0.39, 0.29) is 5.97 Å². The van der Waals surface area contributed by atoms with Gasteiger partial charge in [-0.05, 0) is 6.92 Å². The summed E-state index contributed by atoms with van der Waals surface area (Å²) in [7, 11) is 1.36. The van der Waals surface area contributed by atoms with Crippen LogP contribution in [0.1, 0.15) is 20.9 Å². The average Bonchev–Trinajstić information content (AvgIpc) is 2.94. The molecule has 0 saturated carbocycles. The number of nitrogens with one attached hydrogen (secondary N) is 2. The smallest absolute Gasteiger partial charge is 0.350 e. The average molecular weight is 252 g/mol. The maximum absolute atomic E-state index is 11.4. The number of methoxy groups -OCH3 is 1. The molecule has 0 fully saturated rings. The van der Waals surface area contributed by atoms with Crippen molar-refractivity contribution in [2.24, 2.45) is 0 Å². The first-order valence-corrected chi connectivity index (χ1v) is 5.79. The predicted octanol–water partition coefficient (Wildman–Crippen LogP) is 1.57. The molecule has 2 aromatic heterocycles. The minimum atomic E-state index is -0.351. The Labute approximate surface area is 102 Å². The lowest BCUT2D eigenvalue weighted by molar-refractivity contribution is 0.0605. The zero-order valence-electron chi connectivity index (χ0n) is 9.48. The summed E-state index contributed by atoms with van der Waals surface area (Å²) in [6.07, 6.45) is 3.53. The van der Waals surface area contributed by atoms with Crippen LogP contribution in [0.3, 0.4) is 0 Å². The number of carbonyl (C=O) groups is 1. The number of ether oxygens (including phenoxy) is 1. The van der Waals surface area contributed by atoms with Crippen molar-refractivity contribution >= 4 is 22.4 Å². The Morgan fingerprint density at radius 3 is 3.12 bits per heavy atom. The van der Waals surface area contributed by atoms with E-state index in [9.17, 15) is 4.79 Å². The fourth-order valence-corrected chi connectivity index (χ4v) is 2.19. The second-order valence-electron chi connectivity index (χ2n) is 3.39. The monoisotopic (exact) mass is 252 g/mol. The molecule has 2 N–H and O–H groups in total. The zero-order valence-corrected chi connectivity index (χ0v) is 10.3. The quantitative estimate of drug-likeness (QED) is 0.807. The minimum Gasteiger partial charge on any atom is -0.465 e. The molecule has 0 bridgehead atoms. The summed E-state index contributed by atoms with van der Waals surface area (Å²) < 4.78 is 4.67. The molecule has 0 aliphatic rings. The number of esters is 1. The number of nitrogens with zero attached hydrogens (tertiary/aromatic N) is 2. The lowest BCUT2D eigenvalue weighted by Gasteiger charge is -1.97. The molecular weight excluding hydrogens is 240 g/mol. The molecule has 0 aliphatic carbocycles. The van der Waals surface area contributed by atoms with Gasteiger partial charge in [0.15, 0.2) is 5.13 Å². The van der Waals surface area contributed by atoms with Crippen molar-refractivity contribution in [2.75, 3.05) is 12.4 Å². The maximum Gasteiger partial charge on any atom is 0.350 e. The van der Waals surface area contributed by atoms with Crippen LogP contribution >= 0.6 is 11.3 Å². The summed E-state index contributed by atoms with van der Waals surface area (Å²) in [6.45, 7) is 2.40. The largest absolute Gasteiger partial charge is 0.465 e. The molecule has 0 saturated heterocycles. The molecule has 0 amide bonds. The van der Waals surface area contributed by atoms with Crippen molar-refractivity contribution < 1.29 is 9.53 Å². The third-order valence-corrected chi connectivity index (χ3v) is 3.26. The van der Waals surface area contributed by atoms with Crippen LogP contribution in [0, 0.1) is 6.92 Å². The number of hydrogen-bond donors (Lipinski definition) is 2. The second-order valence-corrected chi connectivity index (χ2v) is 4.38. The lowest BCUT2D eigenvalue weighted by Crippen LogP contribution is -1.99. The molecule has 0 radical (unpaired) electrons. The van der Waals surface area contributed by atoms with Crippen molar-refractivity contribution in [3.05, 3.63) is 28.5 Å². The summed E-state index contributed by atoms with van der Waals surface area (Å²) in [6, 6.07) is 0. The molecular formula is C10H12N4O2S. The number of aromatic nitrogens is 3. The van der Waals surface area contributed by atoms with Crippen LogP contribution in [-0.2, 0) is 11.3 Å². The van der Waals surface area contributed by atoms with E-state index in [1.54, 1.807) is 19.3 Å². The number of aromatic amines is 1. The Bertz CT molecular complexity index is 506. The van der Waals surface area contributed by atoms with Gasteiger partial charge in [-0.25, -0.2) is 9.78 Å². The number of aryl methyl sites for hydroxylation is 1. The van der Waals surface area contributed by atoms with E-state index >= 15 is 0 Å². The Morgan fingerprint density at radius 1 is 1.65 bits per heavy atom. The van der Waals surface area contributed by atoms with Crippen LogP contribution < -0.4 is 5.32 Å². The third kappa shape index (κ3) is 2.62. The Morgan fingerprint density at radius 2 is 2.47 bits per heavy atom. The van der Waals surface area contributed by atoms with Crippen LogP contribution in [0.25, 0.3) is 0 Å². The summed E-state index contributed by atoms with van der Waals surface area (Å²) in [4.78, 5) is 16.2. The molecule has 2 heterocycles. The number of carbonyl (C=O) groups excluding carboxylic acids is 1. The molecule has 6 nitrogen and oxygen atoms in total. The minimum absolute atomic E-state index is 0.351. The number of rotatable bonds is 4. The number of anilines is 1. The van der Waals surface area contributed by atoms with Crippen LogP contribution in [0.15, 0.2) is 12.4 Å². The number of hydrogen-bond acceptors (Lipinski definition) is 6. The standard InChI is InChI=1S/C10H12N4O2S/c1-6-8(9(15)16-2)17-10(14-6)11-3-7-4-12-13-5-7/h4-5H,3H2,1-2H3,(H,11,14)(H,12,13). The van der Waals surface area contributed by atoms with Crippen molar-refractivity contribution in [2.45, 2.75) is 13.5 Å². The van der Waals surface area contributed by atoms with Gasteiger partial charge in [0.25, 0.3) is 0 Å². The lowest BCUT2D eigenvalue weighted by atomic mass is 10.4. The number of thiazole rings is 1. The molecule has 17 heavy (non-hydrogen) atoms. The first kappa shape index (κ1) is 11.6. The van der Waals surface area contributed by atoms with Crippen molar-refractivity contribution in [3.63, 3.8) is 0 Å². The van der Waals surface area contributed by atoms with E-state index in [0.717, 1.165) is 5.56 Å². The van der Waals surface area contributed by atoms with Crippen LogP contribution in [-0.4, -0.2) is 28.3 Å². The van der Waals surface area contributed by atoms with Crippen LogP contribution in [0.2, 0.25) is 0 Å². The molecule has 2 aromatic rings. The molecule has 0 aliphatic heterocycles. The Hall–Kier alpha value is -1.89. The molecule has 2 rings (SSSR count). The first-order valence-electron chi connectivity index (χ1n) is 4.98. The summed E-state index contributed by atoms with van der Waals surface area (Å²) in [5.41, 5.74) is 1.70. The topological polar surface area (TPSA) is 79.9 Å². The van der Waals surface area contributed by atoms with Crippen LogP contribution in [0.5, 0.6) is 0 Å². The highest BCUT2D eigenvalue weighted by Crippen LogP contribution is 2.23. The van der Waals surface area contributed by atoms with Gasteiger partial charge in [0.1, 0.15) is 4.88 Å². The van der Waals surface area contributed by atoms with Gasteiger partial charge in [0.05, 0.1) is 19.0 Å². The van der Waals surface area contributed by atoms with Gasteiger partial charge in [-0.15, -0.1) is 0 Å². The highest BCUT2D eigenvalue weighted by atomic mass is 32.1. The van der Waals surface area contributed by atoms with E-state index < -0.39 is 0 Å². The van der Waals surface area contributed by atoms with Gasteiger partial charge >= 0.3 is 5.97 Å². The number of H-pyrrole nitrogens is 1. The fraction of sp³-hybridized carbons (Fsp3) is 0.300. The van der Waals surface area contributed by atoms with E-state index in [0.29, 0.717) is 22.2 Å². The van der Waals surface area contributed by atoms with E-state index in [1.807, 2.05) is 0 Å². The van der Waals surface area contributed by atoms with Crippen molar-refractivity contribution in [1.82, 2.24) is 15.2 Å². The summed E-state index contributed by atoms with van der Waals surface area (Å²) in [5, 5.41) is 10.4. The van der Waals surface area contributed by atoms with Gasteiger partial charge in [0.2, 0.25) is 0 Å². The predicted molar refractivity (Wildman–Crippen MR) is 64.1 cm³/mol. The Kier molecular flexibility index (Phi) is 3.38. The van der Waals surface area contributed by atoms with Gasteiger partial charge in [0, 0.05) is 18.3 Å². The summed E-state index contributed by atoms with van der Waals surface area (Å²) >= 11 is 1.29. The Balaban J connectivity index is 2.05.